The molecule has 2 aromatic rings. The Morgan fingerprint density at radius 2 is 1.37 bits per heavy atom. The van der Waals surface area contributed by atoms with Crippen molar-refractivity contribution in [3.05, 3.63) is 71.8 Å². The van der Waals surface area contributed by atoms with Gasteiger partial charge in [0, 0.05) is 7.11 Å². The van der Waals surface area contributed by atoms with Crippen LogP contribution in [0.15, 0.2) is 60.7 Å². The average molecular weight is 372 g/mol. The van der Waals surface area contributed by atoms with E-state index >= 15 is 0 Å². The number of methoxy groups -OCH3 is 1. The topological polar surface area (TPSA) is 91.3 Å². The molecule has 142 valence electrons. The second-order valence-corrected chi connectivity index (χ2v) is 5.98. The maximum absolute atomic E-state index is 12.4. The van der Waals surface area contributed by atoms with E-state index in [1.165, 1.54) is 7.11 Å². The van der Waals surface area contributed by atoms with Gasteiger partial charge in [-0.05, 0) is 24.3 Å². The lowest BCUT2D eigenvalue weighted by Gasteiger charge is -2.38. The standard InChI is InChI=1S/C20H20O7/c1-24-20-17(27-19(23)14-10-6-3-7-11-14)16(15(21)12-25-20)26-18(22)13-8-4-2-5-9-13/h2-11,15-17,20-21H,12H2,1H3/t15-,16-,17+,20+/m1/s1. The van der Waals surface area contributed by atoms with Crippen molar-refractivity contribution in [2.75, 3.05) is 13.7 Å². The Bertz CT molecular complexity index is 762. The Morgan fingerprint density at radius 3 is 1.85 bits per heavy atom. The molecule has 1 fully saturated rings. The van der Waals surface area contributed by atoms with Gasteiger partial charge in [0.25, 0.3) is 0 Å². The van der Waals surface area contributed by atoms with Gasteiger partial charge in [-0.3, -0.25) is 0 Å². The molecule has 0 saturated carbocycles. The van der Waals surface area contributed by atoms with Crippen molar-refractivity contribution in [3.8, 4) is 0 Å². The Balaban J connectivity index is 1.79. The van der Waals surface area contributed by atoms with E-state index in [-0.39, 0.29) is 6.61 Å². The van der Waals surface area contributed by atoms with Crippen LogP contribution in [0.1, 0.15) is 20.7 Å². The predicted octanol–water partition coefficient (Wildman–Crippen LogP) is 1.80. The first-order valence-electron chi connectivity index (χ1n) is 8.44. The minimum Gasteiger partial charge on any atom is -0.452 e. The SMILES string of the molecule is CO[C@H]1OC[C@@H](O)[C@@H](OC(=O)c2ccccc2)[C@@H]1OC(=O)c1ccccc1. The van der Waals surface area contributed by atoms with Crippen molar-refractivity contribution in [1.29, 1.82) is 0 Å². The van der Waals surface area contributed by atoms with Crippen LogP contribution >= 0.6 is 0 Å². The fraction of sp³-hybridized carbons (Fsp3) is 0.300. The summed E-state index contributed by atoms with van der Waals surface area (Å²) in [7, 11) is 1.38. The van der Waals surface area contributed by atoms with E-state index in [2.05, 4.69) is 0 Å². The monoisotopic (exact) mass is 372 g/mol. The van der Waals surface area contributed by atoms with Gasteiger partial charge in [0.15, 0.2) is 18.5 Å². The molecule has 1 heterocycles. The third kappa shape index (κ3) is 4.51. The molecule has 0 unspecified atom stereocenters. The number of hydrogen-bond donors (Lipinski definition) is 1. The van der Waals surface area contributed by atoms with Crippen molar-refractivity contribution in [3.63, 3.8) is 0 Å². The summed E-state index contributed by atoms with van der Waals surface area (Å²) in [5, 5.41) is 10.3. The van der Waals surface area contributed by atoms with Crippen LogP contribution in [0.4, 0.5) is 0 Å². The lowest BCUT2D eigenvalue weighted by Crippen LogP contribution is -2.57. The maximum Gasteiger partial charge on any atom is 0.338 e. The zero-order chi connectivity index (χ0) is 19.2. The number of esters is 2. The fourth-order valence-corrected chi connectivity index (χ4v) is 2.76. The van der Waals surface area contributed by atoms with E-state index in [1.54, 1.807) is 60.7 Å². The molecular weight excluding hydrogens is 352 g/mol. The summed E-state index contributed by atoms with van der Waals surface area (Å²) < 4.78 is 21.5. The van der Waals surface area contributed by atoms with E-state index in [0.717, 1.165) is 0 Å². The number of aliphatic hydroxyl groups excluding tert-OH is 1. The van der Waals surface area contributed by atoms with Crippen LogP contribution in [0.3, 0.4) is 0 Å². The second kappa shape index (κ2) is 8.77. The molecule has 3 rings (SSSR count). The number of carbonyl (C=O) groups is 2. The highest BCUT2D eigenvalue weighted by Gasteiger charge is 2.45. The zero-order valence-electron chi connectivity index (χ0n) is 14.7. The number of hydrogen-bond acceptors (Lipinski definition) is 7. The summed E-state index contributed by atoms with van der Waals surface area (Å²) in [6.45, 7) is -0.120. The highest BCUT2D eigenvalue weighted by atomic mass is 16.7. The highest BCUT2D eigenvalue weighted by Crippen LogP contribution is 2.24. The molecule has 1 N–H and O–H groups in total. The summed E-state index contributed by atoms with van der Waals surface area (Å²) >= 11 is 0. The van der Waals surface area contributed by atoms with Gasteiger partial charge in [-0.1, -0.05) is 36.4 Å². The van der Waals surface area contributed by atoms with Crippen LogP contribution in [-0.2, 0) is 18.9 Å². The molecule has 0 bridgehead atoms. The number of aliphatic hydroxyl groups is 1. The molecule has 4 atom stereocenters. The molecule has 0 amide bonds. The van der Waals surface area contributed by atoms with Crippen LogP contribution in [0.2, 0.25) is 0 Å². The maximum atomic E-state index is 12.4. The largest absolute Gasteiger partial charge is 0.452 e. The minimum atomic E-state index is -1.17. The molecule has 1 aliphatic rings. The first-order valence-corrected chi connectivity index (χ1v) is 8.44. The smallest absolute Gasteiger partial charge is 0.338 e. The Kier molecular flexibility index (Phi) is 6.18. The third-order valence-corrected chi connectivity index (χ3v) is 4.14. The normalized spacial score (nSPS) is 24.8. The van der Waals surface area contributed by atoms with Gasteiger partial charge in [-0.15, -0.1) is 0 Å². The Labute approximate surface area is 156 Å². The number of carbonyl (C=O) groups excluding carboxylic acids is 2. The lowest BCUT2D eigenvalue weighted by molar-refractivity contribution is -0.260. The van der Waals surface area contributed by atoms with Gasteiger partial charge in [-0.2, -0.15) is 0 Å². The molecule has 0 aromatic heterocycles. The average Bonchev–Trinajstić information content (AvgIpc) is 2.72. The number of rotatable bonds is 5. The number of ether oxygens (including phenoxy) is 4. The molecule has 0 aliphatic carbocycles. The summed E-state index contributed by atoms with van der Waals surface area (Å²) in [5.74, 6) is -1.28. The Morgan fingerprint density at radius 1 is 0.889 bits per heavy atom. The van der Waals surface area contributed by atoms with Gasteiger partial charge in [0.05, 0.1) is 17.7 Å². The summed E-state index contributed by atoms with van der Waals surface area (Å²) in [6.07, 6.45) is -4.41. The van der Waals surface area contributed by atoms with Gasteiger partial charge in [0.1, 0.15) is 6.10 Å². The minimum absolute atomic E-state index is 0.120. The lowest BCUT2D eigenvalue weighted by atomic mass is 10.0. The molecule has 7 heteroatoms. The van der Waals surface area contributed by atoms with E-state index < -0.39 is 36.5 Å². The molecule has 1 aliphatic heterocycles. The van der Waals surface area contributed by atoms with Gasteiger partial charge >= 0.3 is 11.9 Å². The van der Waals surface area contributed by atoms with Crippen molar-refractivity contribution in [2.24, 2.45) is 0 Å². The van der Waals surface area contributed by atoms with E-state index in [9.17, 15) is 14.7 Å². The summed E-state index contributed by atoms with van der Waals surface area (Å²) in [5.41, 5.74) is 0.638. The van der Waals surface area contributed by atoms with Crippen molar-refractivity contribution in [2.45, 2.75) is 24.6 Å². The van der Waals surface area contributed by atoms with Gasteiger partial charge in [0.2, 0.25) is 0 Å². The molecule has 0 radical (unpaired) electrons. The molecule has 7 nitrogen and oxygen atoms in total. The zero-order valence-corrected chi connectivity index (χ0v) is 14.7. The van der Waals surface area contributed by atoms with Crippen LogP contribution in [0, 0.1) is 0 Å². The van der Waals surface area contributed by atoms with E-state index in [4.69, 9.17) is 18.9 Å². The quantitative estimate of drug-likeness (QED) is 0.800. The second-order valence-electron chi connectivity index (χ2n) is 5.98. The summed E-state index contributed by atoms with van der Waals surface area (Å²) in [4.78, 5) is 24.8. The van der Waals surface area contributed by atoms with Crippen molar-refractivity contribution < 1.29 is 33.6 Å². The fourth-order valence-electron chi connectivity index (χ4n) is 2.76. The van der Waals surface area contributed by atoms with Gasteiger partial charge < -0.3 is 24.1 Å². The first-order chi connectivity index (χ1) is 13.1. The molecule has 0 spiro atoms. The van der Waals surface area contributed by atoms with E-state index in [0.29, 0.717) is 11.1 Å². The van der Waals surface area contributed by atoms with Crippen molar-refractivity contribution in [1.82, 2.24) is 0 Å². The van der Waals surface area contributed by atoms with Crippen LogP contribution in [0.5, 0.6) is 0 Å². The number of benzene rings is 2. The summed E-state index contributed by atoms with van der Waals surface area (Å²) in [6, 6.07) is 16.7. The molecule has 1 saturated heterocycles. The first kappa shape index (κ1) is 19.0. The van der Waals surface area contributed by atoms with Crippen molar-refractivity contribution >= 4 is 11.9 Å². The predicted molar refractivity (Wildman–Crippen MR) is 94.0 cm³/mol. The van der Waals surface area contributed by atoms with Gasteiger partial charge in [-0.25, -0.2) is 9.59 Å². The van der Waals surface area contributed by atoms with Crippen LogP contribution < -0.4 is 0 Å². The molecular formula is C20H20O7. The molecule has 2 aromatic carbocycles. The highest BCUT2D eigenvalue weighted by molar-refractivity contribution is 5.90. The third-order valence-electron chi connectivity index (χ3n) is 4.14. The van der Waals surface area contributed by atoms with Crippen LogP contribution in [-0.4, -0.2) is 55.4 Å². The van der Waals surface area contributed by atoms with E-state index in [1.807, 2.05) is 0 Å². The molecule has 27 heavy (non-hydrogen) atoms. The van der Waals surface area contributed by atoms with Crippen LogP contribution in [0.25, 0.3) is 0 Å². The Hall–Kier alpha value is -2.74.